The predicted molar refractivity (Wildman–Crippen MR) is 73.0 cm³/mol. The first-order chi connectivity index (χ1) is 10.1. The van der Waals surface area contributed by atoms with Gasteiger partial charge < -0.3 is 14.4 Å². The Morgan fingerprint density at radius 3 is 2.90 bits per heavy atom. The summed E-state index contributed by atoms with van der Waals surface area (Å²) >= 11 is 0. The number of anilines is 1. The van der Waals surface area contributed by atoms with Crippen molar-refractivity contribution in [2.45, 2.75) is 13.0 Å². The molecule has 1 atom stereocenters. The number of aliphatic hydroxyl groups excluding tert-OH is 1. The van der Waals surface area contributed by atoms with Gasteiger partial charge >= 0.3 is 6.09 Å². The lowest BCUT2D eigenvalue weighted by molar-refractivity contribution is 0.0963. The predicted octanol–water partition coefficient (Wildman–Crippen LogP) is 1.64. The number of carbonyl (C=O) groups excluding carboxylic acids is 1. The van der Waals surface area contributed by atoms with Crippen molar-refractivity contribution in [3.8, 4) is 5.69 Å². The Kier molecular flexibility index (Phi) is 3.34. The summed E-state index contributed by atoms with van der Waals surface area (Å²) in [5.41, 5.74) is 0.759. The normalized spacial score (nSPS) is 18.1. The fourth-order valence-corrected chi connectivity index (χ4v) is 2.32. The fourth-order valence-electron chi connectivity index (χ4n) is 2.32. The summed E-state index contributed by atoms with van der Waals surface area (Å²) in [5, 5.41) is 9.01. The Morgan fingerprint density at radius 2 is 2.33 bits per heavy atom. The van der Waals surface area contributed by atoms with Gasteiger partial charge in [-0.05, 0) is 25.1 Å². The first-order valence-electron chi connectivity index (χ1n) is 6.49. The Hall–Kier alpha value is -2.41. The van der Waals surface area contributed by atoms with Gasteiger partial charge in [0.1, 0.15) is 17.7 Å². The second-order valence-corrected chi connectivity index (χ2v) is 4.78. The summed E-state index contributed by atoms with van der Waals surface area (Å²) in [5.74, 6) is 0.205. The first kappa shape index (κ1) is 13.6. The number of rotatable bonds is 3. The van der Waals surface area contributed by atoms with Crippen LogP contribution < -0.4 is 4.90 Å². The van der Waals surface area contributed by atoms with Crippen molar-refractivity contribution in [1.82, 2.24) is 9.55 Å². The van der Waals surface area contributed by atoms with Gasteiger partial charge in [0.15, 0.2) is 0 Å². The number of benzene rings is 1. The van der Waals surface area contributed by atoms with Gasteiger partial charge in [0.2, 0.25) is 0 Å². The smallest absolute Gasteiger partial charge is 0.414 e. The molecule has 1 amide bonds. The second kappa shape index (κ2) is 5.17. The molecule has 1 fully saturated rings. The molecular weight excluding hydrogens is 277 g/mol. The van der Waals surface area contributed by atoms with Crippen molar-refractivity contribution < 1.29 is 19.0 Å². The van der Waals surface area contributed by atoms with Gasteiger partial charge in [-0.25, -0.2) is 14.2 Å². The lowest BCUT2D eigenvalue weighted by atomic mass is 10.2. The maximum atomic E-state index is 14.3. The summed E-state index contributed by atoms with van der Waals surface area (Å²) in [6.07, 6.45) is 2.10. The number of carbonyl (C=O) groups is 1. The van der Waals surface area contributed by atoms with E-state index in [1.54, 1.807) is 36.0 Å². The van der Waals surface area contributed by atoms with E-state index in [2.05, 4.69) is 4.98 Å². The van der Waals surface area contributed by atoms with Crippen LogP contribution in [0.1, 0.15) is 5.82 Å². The minimum Gasteiger partial charge on any atom is -0.441 e. The minimum absolute atomic E-state index is 0.207. The number of aromatic nitrogens is 2. The molecule has 0 radical (unpaired) electrons. The average molecular weight is 291 g/mol. The standard InChI is InChI=1S/C14H14FN3O3/c1-9-16-4-5-17(9)13-3-2-10(6-12(13)15)18-7-11(8-19)21-14(18)20/h2-6,11,19H,7-8H2,1H3. The van der Waals surface area contributed by atoms with Gasteiger partial charge in [0.05, 0.1) is 24.5 Å². The maximum Gasteiger partial charge on any atom is 0.414 e. The van der Waals surface area contributed by atoms with E-state index >= 15 is 0 Å². The third kappa shape index (κ3) is 2.36. The number of aliphatic hydroxyl groups is 1. The zero-order valence-corrected chi connectivity index (χ0v) is 11.4. The lowest BCUT2D eigenvalue weighted by Crippen LogP contribution is -2.25. The molecule has 6 nitrogen and oxygen atoms in total. The molecule has 0 spiro atoms. The number of hydrogen-bond acceptors (Lipinski definition) is 4. The maximum absolute atomic E-state index is 14.3. The molecule has 21 heavy (non-hydrogen) atoms. The van der Waals surface area contributed by atoms with E-state index < -0.39 is 18.0 Å². The van der Waals surface area contributed by atoms with Crippen molar-refractivity contribution in [2.75, 3.05) is 18.1 Å². The molecule has 7 heteroatoms. The third-order valence-electron chi connectivity index (χ3n) is 3.41. The van der Waals surface area contributed by atoms with Crippen LogP contribution in [0.3, 0.4) is 0 Å². The SMILES string of the molecule is Cc1nccn1-c1ccc(N2CC(CO)OC2=O)cc1F. The highest BCUT2D eigenvalue weighted by Crippen LogP contribution is 2.25. The van der Waals surface area contributed by atoms with Gasteiger partial charge in [-0.2, -0.15) is 0 Å². The van der Waals surface area contributed by atoms with Gasteiger partial charge in [-0.3, -0.25) is 4.90 Å². The summed E-state index contributed by atoms with van der Waals surface area (Å²) in [7, 11) is 0. The van der Waals surface area contributed by atoms with Crippen LogP contribution in [-0.2, 0) is 4.74 Å². The quantitative estimate of drug-likeness (QED) is 0.933. The Morgan fingerprint density at radius 1 is 1.52 bits per heavy atom. The summed E-state index contributed by atoms with van der Waals surface area (Å²) in [6.45, 7) is 1.73. The third-order valence-corrected chi connectivity index (χ3v) is 3.41. The molecule has 1 unspecified atom stereocenters. The Balaban J connectivity index is 1.92. The van der Waals surface area contributed by atoms with E-state index in [0.717, 1.165) is 0 Å². The Bertz CT molecular complexity index is 686. The molecule has 0 saturated carbocycles. The highest BCUT2D eigenvalue weighted by atomic mass is 19.1. The van der Waals surface area contributed by atoms with Crippen LogP contribution in [0.2, 0.25) is 0 Å². The number of amides is 1. The fraction of sp³-hybridized carbons (Fsp3) is 0.286. The summed E-state index contributed by atoms with van der Waals surface area (Å²) in [4.78, 5) is 17.0. The van der Waals surface area contributed by atoms with Crippen molar-refractivity contribution in [3.05, 3.63) is 42.2 Å². The molecule has 2 aromatic rings. The van der Waals surface area contributed by atoms with Gasteiger partial charge in [-0.1, -0.05) is 0 Å². The van der Waals surface area contributed by atoms with Gasteiger partial charge in [-0.15, -0.1) is 0 Å². The van der Waals surface area contributed by atoms with Crippen molar-refractivity contribution >= 4 is 11.8 Å². The molecule has 1 saturated heterocycles. The Labute approximate surface area is 120 Å². The van der Waals surface area contributed by atoms with E-state index in [1.165, 1.54) is 11.0 Å². The van der Waals surface area contributed by atoms with Crippen LogP contribution in [0.5, 0.6) is 0 Å². The number of cyclic esters (lactones) is 1. The minimum atomic E-state index is -0.583. The summed E-state index contributed by atoms with van der Waals surface area (Å²) < 4.78 is 20.8. The van der Waals surface area contributed by atoms with Crippen LogP contribution in [0, 0.1) is 12.7 Å². The molecule has 1 aliphatic rings. The number of nitrogens with zero attached hydrogens (tertiary/aromatic N) is 3. The monoisotopic (exact) mass is 291 g/mol. The van der Waals surface area contributed by atoms with Crippen LogP contribution in [0.25, 0.3) is 5.69 Å². The number of halogens is 1. The van der Waals surface area contributed by atoms with E-state index in [-0.39, 0.29) is 13.2 Å². The van der Waals surface area contributed by atoms with Gasteiger partial charge in [0, 0.05) is 12.4 Å². The van der Waals surface area contributed by atoms with Crippen molar-refractivity contribution in [3.63, 3.8) is 0 Å². The number of imidazole rings is 1. The zero-order valence-electron chi connectivity index (χ0n) is 11.4. The second-order valence-electron chi connectivity index (χ2n) is 4.78. The van der Waals surface area contributed by atoms with Gasteiger partial charge in [0.25, 0.3) is 0 Å². The first-order valence-corrected chi connectivity index (χ1v) is 6.49. The molecule has 2 heterocycles. The molecule has 1 aromatic carbocycles. The lowest BCUT2D eigenvalue weighted by Gasteiger charge is -2.14. The highest BCUT2D eigenvalue weighted by molar-refractivity contribution is 5.89. The highest BCUT2D eigenvalue weighted by Gasteiger charge is 2.32. The summed E-state index contributed by atoms with van der Waals surface area (Å²) in [6, 6.07) is 4.49. The largest absolute Gasteiger partial charge is 0.441 e. The topological polar surface area (TPSA) is 67.6 Å². The van der Waals surface area contributed by atoms with E-state index in [0.29, 0.717) is 17.2 Å². The number of ether oxygens (including phenoxy) is 1. The molecular formula is C14H14FN3O3. The van der Waals surface area contributed by atoms with E-state index in [9.17, 15) is 9.18 Å². The van der Waals surface area contributed by atoms with Crippen LogP contribution in [0.4, 0.5) is 14.9 Å². The van der Waals surface area contributed by atoms with Crippen LogP contribution >= 0.6 is 0 Å². The molecule has 0 aliphatic carbocycles. The zero-order chi connectivity index (χ0) is 15.0. The molecule has 110 valence electrons. The van der Waals surface area contributed by atoms with Crippen LogP contribution in [-0.4, -0.2) is 40.0 Å². The molecule has 1 aromatic heterocycles. The van der Waals surface area contributed by atoms with E-state index in [1.807, 2.05) is 0 Å². The van der Waals surface area contributed by atoms with Crippen molar-refractivity contribution in [2.24, 2.45) is 0 Å². The molecule has 3 rings (SSSR count). The number of hydrogen-bond donors (Lipinski definition) is 1. The average Bonchev–Trinajstić information content (AvgIpc) is 3.05. The van der Waals surface area contributed by atoms with Crippen molar-refractivity contribution in [1.29, 1.82) is 0 Å². The molecule has 1 N–H and O–H groups in total. The molecule has 0 bridgehead atoms. The number of aryl methyl sites for hydroxylation is 1. The van der Waals surface area contributed by atoms with E-state index in [4.69, 9.17) is 9.84 Å². The van der Waals surface area contributed by atoms with Crippen LogP contribution in [0.15, 0.2) is 30.6 Å². The molecule has 1 aliphatic heterocycles.